The zero-order valence-electron chi connectivity index (χ0n) is 28.2. The first-order valence-corrected chi connectivity index (χ1v) is 18.6. The average Bonchev–Trinajstić information content (AvgIpc) is 2.99. The highest BCUT2D eigenvalue weighted by Crippen LogP contribution is 2.17. The first-order valence-electron chi connectivity index (χ1n) is 18.6. The maximum absolute atomic E-state index is 13.7. The van der Waals surface area contributed by atoms with Gasteiger partial charge in [-0.05, 0) is 43.4 Å². The lowest BCUT2D eigenvalue weighted by molar-refractivity contribution is 0.0749. The van der Waals surface area contributed by atoms with E-state index >= 15 is 0 Å². The van der Waals surface area contributed by atoms with Crippen LogP contribution in [0, 0.1) is 0 Å². The molecule has 2 heteroatoms. The molecule has 1 aromatic carbocycles. The summed E-state index contributed by atoms with van der Waals surface area (Å²) in [6.45, 7) is 8.71. The summed E-state index contributed by atoms with van der Waals surface area (Å²) in [6, 6.07) is 8.58. The molecule has 0 bridgehead atoms. The van der Waals surface area contributed by atoms with Crippen LogP contribution in [-0.4, -0.2) is 23.9 Å². The van der Waals surface area contributed by atoms with Crippen molar-refractivity contribution in [2.75, 3.05) is 13.1 Å². The number of amides is 1. The summed E-state index contributed by atoms with van der Waals surface area (Å²) < 4.78 is 0. The third-order valence-corrected chi connectivity index (χ3v) is 8.84. The van der Waals surface area contributed by atoms with Gasteiger partial charge >= 0.3 is 0 Å². The monoisotopic (exact) mass is 570 g/mol. The highest BCUT2D eigenvalue weighted by Gasteiger charge is 2.15. The third-order valence-electron chi connectivity index (χ3n) is 8.84. The second-order valence-corrected chi connectivity index (χ2v) is 12.9. The number of rotatable bonds is 30. The van der Waals surface area contributed by atoms with Gasteiger partial charge in [-0.25, -0.2) is 0 Å². The number of carbonyl (C=O) groups is 1. The molecule has 0 aliphatic heterocycles. The molecule has 0 aromatic heterocycles. The summed E-state index contributed by atoms with van der Waals surface area (Å²) >= 11 is 0. The Hall–Kier alpha value is -1.31. The second-order valence-electron chi connectivity index (χ2n) is 12.9. The fourth-order valence-electron chi connectivity index (χ4n) is 6.05. The molecule has 0 aliphatic rings. The summed E-state index contributed by atoms with van der Waals surface area (Å²) in [5, 5.41) is 0. The fraction of sp³-hybridized carbons (Fsp3) is 0.821. The summed E-state index contributed by atoms with van der Waals surface area (Å²) in [5.41, 5.74) is 2.25. The quantitative estimate of drug-likeness (QED) is 0.0844. The van der Waals surface area contributed by atoms with E-state index in [1.807, 2.05) is 0 Å². The van der Waals surface area contributed by atoms with Crippen molar-refractivity contribution in [3.63, 3.8) is 0 Å². The van der Waals surface area contributed by atoms with Crippen LogP contribution in [0.3, 0.4) is 0 Å². The molecule has 1 aromatic rings. The minimum atomic E-state index is 0.265. The molecule has 0 spiro atoms. The van der Waals surface area contributed by atoms with Gasteiger partial charge in [0.15, 0.2) is 0 Å². The van der Waals surface area contributed by atoms with Gasteiger partial charge in [0.1, 0.15) is 0 Å². The van der Waals surface area contributed by atoms with Crippen molar-refractivity contribution < 1.29 is 4.79 Å². The minimum absolute atomic E-state index is 0.265. The van der Waals surface area contributed by atoms with Crippen LogP contribution in [0.1, 0.15) is 204 Å². The van der Waals surface area contributed by atoms with E-state index in [1.165, 1.54) is 160 Å². The number of hydrogen-bond donors (Lipinski definition) is 0. The molecular weight excluding hydrogens is 498 g/mol. The first kappa shape index (κ1) is 37.7. The summed E-state index contributed by atoms with van der Waals surface area (Å²) in [7, 11) is 0. The van der Waals surface area contributed by atoms with Crippen LogP contribution in [0.2, 0.25) is 0 Å². The molecule has 0 unspecified atom stereocenters. The number of hydrogen-bond acceptors (Lipinski definition) is 1. The van der Waals surface area contributed by atoms with Gasteiger partial charge < -0.3 is 4.90 Å². The van der Waals surface area contributed by atoms with Gasteiger partial charge in [-0.3, -0.25) is 4.79 Å². The van der Waals surface area contributed by atoms with Crippen LogP contribution in [0.25, 0.3) is 0 Å². The second kappa shape index (κ2) is 28.8. The first-order chi connectivity index (χ1) is 20.2. The summed E-state index contributed by atoms with van der Waals surface area (Å²) in [5.74, 6) is 0.265. The van der Waals surface area contributed by atoms with Crippen LogP contribution in [-0.2, 0) is 6.42 Å². The topological polar surface area (TPSA) is 20.3 Å². The molecule has 1 rings (SSSR count). The Kier molecular flexibility index (Phi) is 26.5. The van der Waals surface area contributed by atoms with Gasteiger partial charge in [0.2, 0.25) is 0 Å². The molecule has 1 amide bonds. The molecule has 0 fully saturated rings. The molecule has 0 heterocycles. The van der Waals surface area contributed by atoms with Crippen molar-refractivity contribution in [2.24, 2.45) is 0 Å². The Morgan fingerprint density at radius 2 is 0.854 bits per heavy atom. The molecular formula is C39H71NO. The molecule has 0 saturated carbocycles. The highest BCUT2D eigenvalue weighted by atomic mass is 16.2. The van der Waals surface area contributed by atoms with Gasteiger partial charge in [-0.1, -0.05) is 181 Å². The predicted molar refractivity (Wildman–Crippen MR) is 183 cm³/mol. The van der Waals surface area contributed by atoms with Crippen LogP contribution in [0.4, 0.5) is 0 Å². The molecule has 0 aliphatic carbocycles. The molecule has 41 heavy (non-hydrogen) atoms. The fourth-order valence-corrected chi connectivity index (χ4v) is 6.05. The Morgan fingerprint density at radius 1 is 0.488 bits per heavy atom. The SMILES string of the molecule is CCCCCCCCCCCCN(CCCCCCCCCCCC)C(=O)c1cccc(CCCCCCCC)c1. The van der Waals surface area contributed by atoms with Crippen LogP contribution in [0.5, 0.6) is 0 Å². The minimum Gasteiger partial charge on any atom is -0.339 e. The lowest BCUT2D eigenvalue weighted by Crippen LogP contribution is -2.33. The lowest BCUT2D eigenvalue weighted by Gasteiger charge is -2.23. The van der Waals surface area contributed by atoms with E-state index in [0.29, 0.717) is 0 Å². The van der Waals surface area contributed by atoms with E-state index in [2.05, 4.69) is 49.9 Å². The van der Waals surface area contributed by atoms with Crippen LogP contribution in [0.15, 0.2) is 24.3 Å². The van der Waals surface area contributed by atoms with Gasteiger partial charge in [0.05, 0.1) is 0 Å². The van der Waals surface area contributed by atoms with Crippen molar-refractivity contribution in [2.45, 2.75) is 194 Å². The largest absolute Gasteiger partial charge is 0.339 e. The van der Waals surface area contributed by atoms with Crippen LogP contribution >= 0.6 is 0 Å². The van der Waals surface area contributed by atoms with E-state index in [4.69, 9.17) is 0 Å². The van der Waals surface area contributed by atoms with Gasteiger partial charge in [0, 0.05) is 18.7 Å². The van der Waals surface area contributed by atoms with E-state index in [1.54, 1.807) is 0 Å². The standard InChI is InChI=1S/C39H71NO/c1-4-7-10-13-16-18-20-22-25-28-34-40(35-29-26-23-21-19-17-14-11-8-5-2)39(41)38-33-30-32-37(36-38)31-27-24-15-12-9-6-3/h30,32-33,36H,4-29,31,34-35H2,1-3H3. The Morgan fingerprint density at radius 3 is 1.27 bits per heavy atom. The zero-order chi connectivity index (χ0) is 29.6. The van der Waals surface area contributed by atoms with E-state index in [9.17, 15) is 4.79 Å². The number of benzene rings is 1. The van der Waals surface area contributed by atoms with Crippen molar-refractivity contribution >= 4 is 5.91 Å². The average molecular weight is 570 g/mol. The summed E-state index contributed by atoms with van der Waals surface area (Å²) in [4.78, 5) is 15.8. The van der Waals surface area contributed by atoms with Gasteiger partial charge in [-0.2, -0.15) is 0 Å². The molecule has 2 nitrogen and oxygen atoms in total. The number of carbonyl (C=O) groups excluding carboxylic acids is 1. The number of unbranched alkanes of at least 4 members (excludes halogenated alkanes) is 23. The van der Waals surface area contributed by atoms with E-state index in [0.717, 1.165) is 37.9 Å². The predicted octanol–water partition coefficient (Wildman–Crippen LogP) is 12.9. The zero-order valence-corrected chi connectivity index (χ0v) is 28.2. The Labute approximate surface area is 257 Å². The van der Waals surface area contributed by atoms with Crippen molar-refractivity contribution in [1.29, 1.82) is 0 Å². The molecule has 0 N–H and O–H groups in total. The van der Waals surface area contributed by atoms with Crippen molar-refractivity contribution in [3.8, 4) is 0 Å². The van der Waals surface area contributed by atoms with E-state index in [-0.39, 0.29) is 5.91 Å². The van der Waals surface area contributed by atoms with E-state index < -0.39 is 0 Å². The number of aryl methyl sites for hydroxylation is 1. The smallest absolute Gasteiger partial charge is 0.253 e. The maximum atomic E-state index is 13.7. The number of nitrogens with zero attached hydrogens (tertiary/aromatic N) is 1. The normalized spacial score (nSPS) is 11.3. The molecule has 0 radical (unpaired) electrons. The Bertz CT molecular complexity index is 675. The molecule has 238 valence electrons. The van der Waals surface area contributed by atoms with Gasteiger partial charge in [-0.15, -0.1) is 0 Å². The van der Waals surface area contributed by atoms with Crippen LogP contribution < -0.4 is 0 Å². The Balaban J connectivity index is 2.47. The molecule has 0 saturated heterocycles. The lowest BCUT2D eigenvalue weighted by atomic mass is 10.0. The molecule has 0 atom stereocenters. The third kappa shape index (κ3) is 22.0. The summed E-state index contributed by atoms with van der Waals surface area (Å²) in [6.07, 6.45) is 35.9. The highest BCUT2D eigenvalue weighted by molar-refractivity contribution is 5.94. The maximum Gasteiger partial charge on any atom is 0.253 e. The van der Waals surface area contributed by atoms with Crippen molar-refractivity contribution in [1.82, 2.24) is 4.90 Å². The van der Waals surface area contributed by atoms with Crippen molar-refractivity contribution in [3.05, 3.63) is 35.4 Å². The van der Waals surface area contributed by atoms with Gasteiger partial charge in [0.25, 0.3) is 5.91 Å².